The van der Waals surface area contributed by atoms with E-state index >= 15 is 0 Å². The molecule has 1 aromatic carbocycles. The SMILES string of the molecule is CCN(c1cc(C#CC(C)(C)C)cc(C(=O)NCC2C(=O)NC(C)CC2C)c1C)C1CCC(N(C)C)CC1. The van der Waals surface area contributed by atoms with Gasteiger partial charge in [0.2, 0.25) is 5.91 Å². The molecule has 6 nitrogen and oxygen atoms in total. The summed E-state index contributed by atoms with van der Waals surface area (Å²) in [5, 5.41) is 6.13. The van der Waals surface area contributed by atoms with Crippen LogP contribution in [0.3, 0.4) is 0 Å². The van der Waals surface area contributed by atoms with Crippen LogP contribution in [0.15, 0.2) is 12.1 Å². The number of hydrogen-bond acceptors (Lipinski definition) is 4. The van der Waals surface area contributed by atoms with Gasteiger partial charge >= 0.3 is 0 Å². The fourth-order valence-electron chi connectivity index (χ4n) is 6.06. The molecule has 1 saturated carbocycles. The monoisotopic (exact) mass is 522 g/mol. The lowest BCUT2D eigenvalue weighted by Gasteiger charge is -2.40. The normalized spacial score (nSPS) is 25.8. The fraction of sp³-hybridized carbons (Fsp3) is 0.688. The zero-order valence-corrected chi connectivity index (χ0v) is 25.2. The summed E-state index contributed by atoms with van der Waals surface area (Å²) in [6.07, 6.45) is 5.58. The van der Waals surface area contributed by atoms with Crippen LogP contribution in [0.4, 0.5) is 5.69 Å². The third kappa shape index (κ3) is 7.53. The number of carbonyl (C=O) groups is 2. The summed E-state index contributed by atoms with van der Waals surface area (Å²) in [6, 6.07) is 5.37. The fourth-order valence-corrected chi connectivity index (χ4v) is 6.06. The maximum atomic E-state index is 13.6. The molecule has 1 aliphatic heterocycles. The molecule has 0 aromatic heterocycles. The van der Waals surface area contributed by atoms with Crippen molar-refractivity contribution in [1.82, 2.24) is 15.5 Å². The Morgan fingerprint density at radius 2 is 1.74 bits per heavy atom. The summed E-state index contributed by atoms with van der Waals surface area (Å²) in [7, 11) is 4.35. The predicted octanol–water partition coefficient (Wildman–Crippen LogP) is 4.98. The minimum absolute atomic E-state index is 0.0317. The number of hydrogen-bond donors (Lipinski definition) is 2. The Hall–Kier alpha value is -2.52. The van der Waals surface area contributed by atoms with Crippen molar-refractivity contribution in [1.29, 1.82) is 0 Å². The summed E-state index contributed by atoms with van der Waals surface area (Å²) in [4.78, 5) is 31.0. The van der Waals surface area contributed by atoms with Gasteiger partial charge in [-0.05, 0) is 111 Å². The highest BCUT2D eigenvalue weighted by Gasteiger charge is 2.33. The van der Waals surface area contributed by atoms with E-state index in [0.717, 1.165) is 42.6 Å². The molecular formula is C32H50N4O2. The second-order valence-corrected chi connectivity index (χ2v) is 12.8. The van der Waals surface area contributed by atoms with Crippen LogP contribution in [0.25, 0.3) is 0 Å². The molecule has 1 aromatic rings. The number of amides is 2. The van der Waals surface area contributed by atoms with Crippen LogP contribution in [-0.2, 0) is 4.79 Å². The van der Waals surface area contributed by atoms with Crippen molar-refractivity contribution in [3.05, 3.63) is 28.8 Å². The summed E-state index contributed by atoms with van der Waals surface area (Å²) in [5.74, 6) is 6.62. The van der Waals surface area contributed by atoms with Crippen LogP contribution in [0.2, 0.25) is 0 Å². The number of piperidine rings is 1. The zero-order chi connectivity index (χ0) is 28.2. The first-order valence-electron chi connectivity index (χ1n) is 14.5. The lowest BCUT2D eigenvalue weighted by atomic mass is 9.84. The molecule has 2 aliphatic rings. The molecule has 210 valence electrons. The van der Waals surface area contributed by atoms with Crippen molar-refractivity contribution in [2.45, 2.75) is 98.7 Å². The van der Waals surface area contributed by atoms with Crippen molar-refractivity contribution >= 4 is 17.5 Å². The van der Waals surface area contributed by atoms with Gasteiger partial charge in [0.15, 0.2) is 0 Å². The van der Waals surface area contributed by atoms with E-state index < -0.39 is 0 Å². The average molecular weight is 523 g/mol. The van der Waals surface area contributed by atoms with E-state index in [4.69, 9.17) is 0 Å². The van der Waals surface area contributed by atoms with Crippen LogP contribution in [0.1, 0.15) is 95.1 Å². The molecule has 3 unspecified atom stereocenters. The van der Waals surface area contributed by atoms with E-state index in [-0.39, 0.29) is 35.1 Å². The molecule has 2 amide bonds. The Morgan fingerprint density at radius 3 is 2.29 bits per heavy atom. The van der Waals surface area contributed by atoms with Gasteiger partial charge in [-0.1, -0.05) is 18.8 Å². The average Bonchev–Trinajstić information content (AvgIpc) is 2.83. The minimum Gasteiger partial charge on any atom is -0.369 e. The molecule has 1 saturated heterocycles. The molecule has 0 radical (unpaired) electrons. The molecular weight excluding hydrogens is 472 g/mol. The minimum atomic E-state index is -0.210. The first kappa shape index (κ1) is 30.0. The van der Waals surface area contributed by atoms with Gasteiger partial charge in [-0.25, -0.2) is 0 Å². The van der Waals surface area contributed by atoms with Crippen molar-refractivity contribution in [3.8, 4) is 11.8 Å². The smallest absolute Gasteiger partial charge is 0.251 e. The van der Waals surface area contributed by atoms with Gasteiger partial charge in [-0.15, -0.1) is 0 Å². The van der Waals surface area contributed by atoms with Crippen molar-refractivity contribution in [2.75, 3.05) is 32.1 Å². The Bertz CT molecular complexity index is 1050. The van der Waals surface area contributed by atoms with E-state index in [0.29, 0.717) is 24.2 Å². The molecule has 2 N–H and O–H groups in total. The third-order valence-corrected chi connectivity index (χ3v) is 8.31. The number of rotatable bonds is 7. The van der Waals surface area contributed by atoms with Crippen LogP contribution in [0, 0.1) is 36.0 Å². The Labute approximate surface area is 231 Å². The molecule has 38 heavy (non-hydrogen) atoms. The van der Waals surface area contributed by atoms with Crippen molar-refractivity contribution in [3.63, 3.8) is 0 Å². The van der Waals surface area contributed by atoms with Crippen LogP contribution >= 0.6 is 0 Å². The molecule has 0 spiro atoms. The summed E-state index contributed by atoms with van der Waals surface area (Å²) < 4.78 is 0. The standard InChI is InChI=1S/C32H50N4O2/c1-10-36(26-13-11-25(12-14-26)35(8)9)29-19-24(15-16-32(5,6)7)18-27(23(29)4)30(37)33-20-28-21(2)17-22(3)34-31(28)38/h18-19,21-22,25-26,28H,10-14,17,20H2,1-9H3,(H,33,37)(H,34,38). The summed E-state index contributed by atoms with van der Waals surface area (Å²) in [5.41, 5.74) is 3.46. The molecule has 3 rings (SSSR count). The number of benzene rings is 1. The highest BCUT2D eigenvalue weighted by atomic mass is 16.2. The van der Waals surface area contributed by atoms with E-state index in [2.05, 4.69) is 94.0 Å². The number of carbonyl (C=O) groups excluding carboxylic acids is 2. The van der Waals surface area contributed by atoms with Crippen molar-refractivity contribution in [2.24, 2.45) is 17.3 Å². The maximum absolute atomic E-state index is 13.6. The Balaban J connectivity index is 1.91. The quantitative estimate of drug-likeness (QED) is 0.496. The molecule has 1 aliphatic carbocycles. The maximum Gasteiger partial charge on any atom is 0.251 e. The van der Waals surface area contributed by atoms with Gasteiger partial charge in [0, 0.05) is 53.4 Å². The van der Waals surface area contributed by atoms with Gasteiger partial charge in [0.05, 0.1) is 5.92 Å². The van der Waals surface area contributed by atoms with Gasteiger partial charge in [0.1, 0.15) is 0 Å². The van der Waals surface area contributed by atoms with E-state index in [1.165, 1.54) is 12.8 Å². The zero-order valence-electron chi connectivity index (χ0n) is 25.2. The highest BCUT2D eigenvalue weighted by Crippen LogP contribution is 2.33. The molecule has 1 heterocycles. The van der Waals surface area contributed by atoms with Gasteiger partial charge in [0.25, 0.3) is 5.91 Å². The predicted molar refractivity (Wildman–Crippen MR) is 157 cm³/mol. The third-order valence-electron chi connectivity index (χ3n) is 8.31. The second-order valence-electron chi connectivity index (χ2n) is 12.8. The first-order valence-corrected chi connectivity index (χ1v) is 14.5. The Kier molecular flexibility index (Phi) is 9.92. The Morgan fingerprint density at radius 1 is 1.11 bits per heavy atom. The number of nitrogens with zero attached hydrogens (tertiary/aromatic N) is 2. The van der Waals surface area contributed by atoms with Crippen LogP contribution in [-0.4, -0.2) is 62.0 Å². The van der Waals surface area contributed by atoms with Crippen LogP contribution in [0.5, 0.6) is 0 Å². The van der Waals surface area contributed by atoms with Gasteiger partial charge in [-0.2, -0.15) is 0 Å². The molecule has 3 atom stereocenters. The number of nitrogens with one attached hydrogen (secondary N) is 2. The first-order chi connectivity index (χ1) is 17.8. The summed E-state index contributed by atoms with van der Waals surface area (Å²) in [6.45, 7) is 15.9. The number of anilines is 1. The topological polar surface area (TPSA) is 64.7 Å². The van der Waals surface area contributed by atoms with Crippen LogP contribution < -0.4 is 15.5 Å². The highest BCUT2D eigenvalue weighted by molar-refractivity contribution is 5.98. The van der Waals surface area contributed by atoms with Crippen molar-refractivity contribution < 1.29 is 9.59 Å². The van der Waals surface area contributed by atoms with E-state index in [1.807, 2.05) is 13.0 Å². The van der Waals surface area contributed by atoms with E-state index in [9.17, 15) is 9.59 Å². The van der Waals surface area contributed by atoms with Gasteiger partial charge < -0.3 is 20.4 Å². The molecule has 0 bridgehead atoms. The lowest BCUT2D eigenvalue weighted by molar-refractivity contribution is -0.129. The lowest BCUT2D eigenvalue weighted by Crippen LogP contribution is -2.50. The molecule has 6 heteroatoms. The van der Waals surface area contributed by atoms with E-state index in [1.54, 1.807) is 0 Å². The largest absolute Gasteiger partial charge is 0.369 e. The second kappa shape index (κ2) is 12.6. The summed E-state index contributed by atoms with van der Waals surface area (Å²) >= 11 is 0. The van der Waals surface area contributed by atoms with Gasteiger partial charge in [-0.3, -0.25) is 9.59 Å². The molecule has 2 fully saturated rings.